The molecule has 3 rings (SSSR count). The van der Waals surface area contributed by atoms with Gasteiger partial charge in [0, 0.05) is 23.3 Å². The van der Waals surface area contributed by atoms with Crippen LogP contribution < -0.4 is 10.9 Å². The Labute approximate surface area is 136 Å². The highest BCUT2D eigenvalue weighted by Crippen LogP contribution is 2.18. The maximum atomic E-state index is 12.3. The fourth-order valence-electron chi connectivity index (χ4n) is 2.71. The molecule has 23 heavy (non-hydrogen) atoms. The number of anilines is 1. The highest BCUT2D eigenvalue weighted by molar-refractivity contribution is 5.80. The summed E-state index contributed by atoms with van der Waals surface area (Å²) in [5, 5.41) is 4.40. The zero-order chi connectivity index (χ0) is 16.4. The largest absolute Gasteiger partial charge is 0.381 e. The van der Waals surface area contributed by atoms with Crippen molar-refractivity contribution in [3.05, 3.63) is 75.1 Å². The molecule has 3 aromatic rings. The lowest BCUT2D eigenvalue weighted by Gasteiger charge is -2.09. The highest BCUT2D eigenvalue weighted by atomic mass is 16.1. The SMILES string of the molecule is CCc1ccc(NCc2cc3cc(C)c(C)cc3[nH]c2=O)cc1. The van der Waals surface area contributed by atoms with Gasteiger partial charge in [0.1, 0.15) is 0 Å². The second-order valence-corrected chi connectivity index (χ2v) is 6.05. The number of H-pyrrole nitrogens is 1. The standard InChI is InChI=1S/C20H22N2O/c1-4-15-5-7-18(8-6-15)21-12-17-11-16-9-13(2)14(3)10-19(16)22-20(17)23/h5-11,21H,4,12H2,1-3H3,(H,22,23). The van der Waals surface area contributed by atoms with Gasteiger partial charge in [0.2, 0.25) is 0 Å². The molecule has 0 radical (unpaired) electrons. The number of fused-ring (bicyclic) bond motifs is 1. The van der Waals surface area contributed by atoms with E-state index in [1.165, 1.54) is 16.7 Å². The van der Waals surface area contributed by atoms with Crippen LogP contribution in [0.1, 0.15) is 29.2 Å². The van der Waals surface area contributed by atoms with Crippen LogP contribution in [0.15, 0.2) is 47.3 Å². The maximum Gasteiger partial charge on any atom is 0.253 e. The van der Waals surface area contributed by atoms with E-state index in [0.29, 0.717) is 6.54 Å². The first-order valence-corrected chi connectivity index (χ1v) is 8.03. The van der Waals surface area contributed by atoms with Gasteiger partial charge < -0.3 is 10.3 Å². The molecule has 0 unspecified atom stereocenters. The van der Waals surface area contributed by atoms with Crippen molar-refractivity contribution in [2.45, 2.75) is 33.7 Å². The molecule has 0 aliphatic carbocycles. The van der Waals surface area contributed by atoms with Gasteiger partial charge in [-0.1, -0.05) is 19.1 Å². The first-order valence-electron chi connectivity index (χ1n) is 8.03. The molecule has 0 aliphatic heterocycles. The average Bonchev–Trinajstić information content (AvgIpc) is 2.55. The van der Waals surface area contributed by atoms with Crippen LogP contribution in [0, 0.1) is 13.8 Å². The fourth-order valence-corrected chi connectivity index (χ4v) is 2.71. The van der Waals surface area contributed by atoms with Crippen LogP contribution in [0.3, 0.4) is 0 Å². The molecular weight excluding hydrogens is 284 g/mol. The molecule has 118 valence electrons. The lowest BCUT2D eigenvalue weighted by atomic mass is 10.0. The van der Waals surface area contributed by atoms with Crippen molar-refractivity contribution in [3.63, 3.8) is 0 Å². The van der Waals surface area contributed by atoms with Gasteiger partial charge in [-0.25, -0.2) is 0 Å². The molecule has 1 heterocycles. The third-order valence-corrected chi connectivity index (χ3v) is 4.38. The predicted octanol–water partition coefficient (Wildman–Crippen LogP) is 4.32. The van der Waals surface area contributed by atoms with E-state index in [1.54, 1.807) is 0 Å². The molecule has 2 N–H and O–H groups in total. The van der Waals surface area contributed by atoms with Crippen LogP contribution in [0.5, 0.6) is 0 Å². The number of aryl methyl sites for hydroxylation is 3. The quantitative estimate of drug-likeness (QED) is 0.754. The van der Waals surface area contributed by atoms with Crippen molar-refractivity contribution in [1.29, 1.82) is 0 Å². The van der Waals surface area contributed by atoms with Crippen LogP contribution >= 0.6 is 0 Å². The number of aromatic amines is 1. The Hall–Kier alpha value is -2.55. The van der Waals surface area contributed by atoms with Crippen LogP contribution in [-0.4, -0.2) is 4.98 Å². The predicted molar refractivity (Wildman–Crippen MR) is 97.2 cm³/mol. The van der Waals surface area contributed by atoms with Gasteiger partial charge in [-0.2, -0.15) is 0 Å². The molecule has 0 amide bonds. The summed E-state index contributed by atoms with van der Waals surface area (Å²) in [4.78, 5) is 15.2. The number of nitrogens with one attached hydrogen (secondary N) is 2. The number of rotatable bonds is 4. The summed E-state index contributed by atoms with van der Waals surface area (Å²) in [6.07, 6.45) is 1.03. The molecule has 0 saturated heterocycles. The van der Waals surface area contributed by atoms with E-state index >= 15 is 0 Å². The van der Waals surface area contributed by atoms with Crippen molar-refractivity contribution in [1.82, 2.24) is 4.98 Å². The molecule has 0 fully saturated rings. The van der Waals surface area contributed by atoms with Gasteiger partial charge in [-0.3, -0.25) is 4.79 Å². The molecule has 3 heteroatoms. The Bertz CT molecular complexity index is 892. The monoisotopic (exact) mass is 306 g/mol. The van der Waals surface area contributed by atoms with Gasteiger partial charge in [0.05, 0.1) is 0 Å². The van der Waals surface area contributed by atoms with Crippen LogP contribution in [-0.2, 0) is 13.0 Å². The number of aromatic nitrogens is 1. The van der Waals surface area contributed by atoms with Crippen molar-refractivity contribution >= 4 is 16.6 Å². The molecule has 0 aliphatic rings. The molecule has 3 nitrogen and oxygen atoms in total. The van der Waals surface area contributed by atoms with Crippen molar-refractivity contribution in [3.8, 4) is 0 Å². The molecule has 1 aromatic heterocycles. The topological polar surface area (TPSA) is 44.9 Å². The van der Waals surface area contributed by atoms with Gasteiger partial charge >= 0.3 is 0 Å². The minimum Gasteiger partial charge on any atom is -0.381 e. The lowest BCUT2D eigenvalue weighted by Crippen LogP contribution is -2.15. The van der Waals surface area contributed by atoms with E-state index < -0.39 is 0 Å². The number of benzene rings is 2. The van der Waals surface area contributed by atoms with E-state index in [1.807, 2.05) is 12.1 Å². The van der Waals surface area contributed by atoms with Gasteiger partial charge in [-0.05, 0) is 72.7 Å². The van der Waals surface area contributed by atoms with Crippen LogP contribution in [0.25, 0.3) is 10.9 Å². The Morgan fingerprint density at radius 2 is 1.70 bits per heavy atom. The van der Waals surface area contributed by atoms with E-state index in [9.17, 15) is 4.79 Å². The molecule has 2 aromatic carbocycles. The number of hydrogen-bond donors (Lipinski definition) is 2. The van der Waals surface area contributed by atoms with Crippen LogP contribution in [0.2, 0.25) is 0 Å². The van der Waals surface area contributed by atoms with E-state index in [-0.39, 0.29) is 5.56 Å². The molecule has 0 spiro atoms. The summed E-state index contributed by atoms with van der Waals surface area (Å²) >= 11 is 0. The summed E-state index contributed by atoms with van der Waals surface area (Å²) < 4.78 is 0. The van der Waals surface area contributed by atoms with Gasteiger partial charge in [0.15, 0.2) is 0 Å². The van der Waals surface area contributed by atoms with Gasteiger partial charge in [-0.15, -0.1) is 0 Å². The smallest absolute Gasteiger partial charge is 0.253 e. The average molecular weight is 306 g/mol. The Kier molecular flexibility index (Phi) is 4.20. The van der Waals surface area contributed by atoms with E-state index in [4.69, 9.17) is 0 Å². The number of pyridine rings is 1. The first kappa shape index (κ1) is 15.3. The Balaban J connectivity index is 1.85. The van der Waals surface area contributed by atoms with Crippen LogP contribution in [0.4, 0.5) is 5.69 Å². The number of hydrogen-bond acceptors (Lipinski definition) is 2. The van der Waals surface area contributed by atoms with E-state index in [0.717, 1.165) is 28.6 Å². The summed E-state index contributed by atoms with van der Waals surface area (Å²) in [5.41, 5.74) is 6.38. The molecule has 0 atom stereocenters. The lowest BCUT2D eigenvalue weighted by molar-refractivity contribution is 1.08. The molecule has 0 saturated carbocycles. The van der Waals surface area contributed by atoms with E-state index in [2.05, 4.69) is 61.4 Å². The summed E-state index contributed by atoms with van der Waals surface area (Å²) in [6.45, 7) is 6.81. The van der Waals surface area contributed by atoms with Crippen molar-refractivity contribution in [2.75, 3.05) is 5.32 Å². The Morgan fingerprint density at radius 3 is 2.39 bits per heavy atom. The first-order chi connectivity index (χ1) is 11.1. The summed E-state index contributed by atoms with van der Waals surface area (Å²) in [6, 6.07) is 14.5. The van der Waals surface area contributed by atoms with Crippen molar-refractivity contribution in [2.24, 2.45) is 0 Å². The zero-order valence-corrected chi connectivity index (χ0v) is 13.9. The third-order valence-electron chi connectivity index (χ3n) is 4.38. The molecule has 0 bridgehead atoms. The minimum absolute atomic E-state index is 0.0292. The zero-order valence-electron chi connectivity index (χ0n) is 13.9. The minimum atomic E-state index is -0.0292. The normalized spacial score (nSPS) is 10.9. The second kappa shape index (κ2) is 6.29. The summed E-state index contributed by atoms with van der Waals surface area (Å²) in [5.74, 6) is 0. The fraction of sp³-hybridized carbons (Fsp3) is 0.250. The molecular formula is C20H22N2O. The van der Waals surface area contributed by atoms with Gasteiger partial charge in [0.25, 0.3) is 5.56 Å². The Morgan fingerprint density at radius 1 is 1.00 bits per heavy atom. The highest BCUT2D eigenvalue weighted by Gasteiger charge is 2.05. The maximum absolute atomic E-state index is 12.3. The third kappa shape index (κ3) is 3.29. The van der Waals surface area contributed by atoms with Crippen molar-refractivity contribution < 1.29 is 0 Å². The second-order valence-electron chi connectivity index (χ2n) is 6.05. The summed E-state index contributed by atoms with van der Waals surface area (Å²) in [7, 11) is 0.